The zero-order valence-corrected chi connectivity index (χ0v) is 15.2. The third kappa shape index (κ3) is 5.13. The highest BCUT2D eigenvalue weighted by molar-refractivity contribution is 7.89. The Labute approximate surface area is 148 Å². The highest BCUT2D eigenvalue weighted by atomic mass is 35.5. The van der Waals surface area contributed by atoms with E-state index < -0.39 is 10.0 Å². The molecule has 2 aromatic rings. The Bertz CT molecular complexity index is 759. The minimum atomic E-state index is -3.53. The third-order valence-corrected chi connectivity index (χ3v) is 4.72. The summed E-state index contributed by atoms with van der Waals surface area (Å²) in [6.07, 6.45) is 2.13. The van der Waals surface area contributed by atoms with Gasteiger partial charge in [-0.3, -0.25) is 0 Å². The minimum Gasteiger partial charge on any atom is -0.334 e. The van der Waals surface area contributed by atoms with Crippen LogP contribution in [-0.2, 0) is 16.4 Å². The number of hydrogen-bond donors (Lipinski definition) is 2. The lowest BCUT2D eigenvalue weighted by Gasteiger charge is -2.05. The Kier molecular flexibility index (Phi) is 7.56. The largest absolute Gasteiger partial charge is 0.334 e. The van der Waals surface area contributed by atoms with Crippen molar-refractivity contribution in [1.82, 2.24) is 20.2 Å². The van der Waals surface area contributed by atoms with Crippen molar-refractivity contribution in [2.24, 2.45) is 0 Å². The second-order valence-electron chi connectivity index (χ2n) is 5.07. The summed E-state index contributed by atoms with van der Waals surface area (Å²) in [6, 6.07) is 6.52. The standard InChI is InChI=1S/C15H20N4O3S.ClH/c1-4-9-17-23(20,21)13-7-5-12(6-8-13)15-18-14(19-22-15)10-11(2)16-3;/h4-8,11,16-17H,1,9-10H2,2-3H3;1H. The van der Waals surface area contributed by atoms with Gasteiger partial charge in [0.15, 0.2) is 5.82 Å². The second kappa shape index (κ2) is 8.93. The Morgan fingerprint density at radius 2 is 2.00 bits per heavy atom. The number of rotatable bonds is 8. The fourth-order valence-electron chi connectivity index (χ4n) is 1.86. The molecule has 1 aromatic carbocycles. The maximum atomic E-state index is 12.0. The van der Waals surface area contributed by atoms with Gasteiger partial charge in [-0.15, -0.1) is 19.0 Å². The van der Waals surface area contributed by atoms with E-state index in [-0.39, 0.29) is 29.9 Å². The molecular weight excluding hydrogens is 352 g/mol. The van der Waals surface area contributed by atoms with Gasteiger partial charge >= 0.3 is 0 Å². The molecule has 2 rings (SSSR count). The molecular formula is C15H21ClN4O3S. The molecule has 1 heterocycles. The molecule has 0 amide bonds. The maximum absolute atomic E-state index is 12.0. The van der Waals surface area contributed by atoms with Gasteiger partial charge in [0.25, 0.3) is 5.89 Å². The zero-order valence-electron chi connectivity index (χ0n) is 13.5. The van der Waals surface area contributed by atoms with Gasteiger partial charge in [0.1, 0.15) is 0 Å². The van der Waals surface area contributed by atoms with E-state index in [9.17, 15) is 8.42 Å². The van der Waals surface area contributed by atoms with Crippen molar-refractivity contribution in [3.63, 3.8) is 0 Å². The van der Waals surface area contributed by atoms with Gasteiger partial charge in [-0.25, -0.2) is 13.1 Å². The molecule has 1 aromatic heterocycles. The van der Waals surface area contributed by atoms with E-state index in [1.165, 1.54) is 18.2 Å². The Hall–Kier alpha value is -1.74. The molecule has 0 aliphatic heterocycles. The smallest absolute Gasteiger partial charge is 0.257 e. The number of nitrogens with one attached hydrogen (secondary N) is 2. The first-order valence-electron chi connectivity index (χ1n) is 7.17. The summed E-state index contributed by atoms with van der Waals surface area (Å²) in [6.45, 7) is 5.68. The van der Waals surface area contributed by atoms with Crippen molar-refractivity contribution in [2.75, 3.05) is 13.6 Å². The van der Waals surface area contributed by atoms with Crippen molar-refractivity contribution < 1.29 is 12.9 Å². The van der Waals surface area contributed by atoms with Crippen LogP contribution < -0.4 is 10.0 Å². The SMILES string of the molecule is C=CCNS(=O)(=O)c1ccc(-c2nc(CC(C)NC)no2)cc1.Cl. The van der Waals surface area contributed by atoms with Crippen LogP contribution in [0.5, 0.6) is 0 Å². The van der Waals surface area contributed by atoms with E-state index in [1.807, 2.05) is 14.0 Å². The van der Waals surface area contributed by atoms with Crippen molar-refractivity contribution in [2.45, 2.75) is 24.3 Å². The molecule has 0 bridgehead atoms. The predicted molar refractivity (Wildman–Crippen MR) is 94.6 cm³/mol. The van der Waals surface area contributed by atoms with Crippen LogP contribution in [-0.4, -0.2) is 38.2 Å². The van der Waals surface area contributed by atoms with E-state index in [1.54, 1.807) is 12.1 Å². The lowest BCUT2D eigenvalue weighted by molar-refractivity contribution is 0.418. The molecule has 24 heavy (non-hydrogen) atoms. The van der Waals surface area contributed by atoms with Crippen LogP contribution >= 0.6 is 12.4 Å². The summed E-state index contributed by atoms with van der Waals surface area (Å²) in [4.78, 5) is 4.49. The van der Waals surface area contributed by atoms with Crippen LogP contribution in [0, 0.1) is 0 Å². The van der Waals surface area contributed by atoms with Crippen LogP contribution in [0.25, 0.3) is 11.5 Å². The van der Waals surface area contributed by atoms with E-state index in [4.69, 9.17) is 4.52 Å². The normalized spacial score (nSPS) is 12.4. The molecule has 7 nitrogen and oxygen atoms in total. The number of benzene rings is 1. The molecule has 9 heteroatoms. The first kappa shape index (κ1) is 20.3. The summed E-state index contributed by atoms with van der Waals surface area (Å²) in [5.74, 6) is 0.970. The van der Waals surface area contributed by atoms with Gasteiger partial charge < -0.3 is 9.84 Å². The van der Waals surface area contributed by atoms with Crippen LogP contribution in [0.4, 0.5) is 0 Å². The van der Waals surface area contributed by atoms with Gasteiger partial charge in [0.05, 0.1) is 4.90 Å². The van der Waals surface area contributed by atoms with Crippen LogP contribution in [0.3, 0.4) is 0 Å². The molecule has 0 aliphatic carbocycles. The lowest BCUT2D eigenvalue weighted by Crippen LogP contribution is -2.24. The fraction of sp³-hybridized carbons (Fsp3) is 0.333. The Morgan fingerprint density at radius 3 is 2.58 bits per heavy atom. The topological polar surface area (TPSA) is 97.1 Å². The van der Waals surface area contributed by atoms with Crippen molar-refractivity contribution >= 4 is 22.4 Å². The molecule has 2 N–H and O–H groups in total. The summed E-state index contributed by atoms with van der Waals surface area (Å²) in [5.41, 5.74) is 0.670. The number of likely N-dealkylation sites (N-methyl/N-ethyl adjacent to an activating group) is 1. The van der Waals surface area contributed by atoms with Gasteiger partial charge in [-0.1, -0.05) is 11.2 Å². The van der Waals surface area contributed by atoms with Gasteiger partial charge in [-0.05, 0) is 38.2 Å². The molecule has 1 atom stereocenters. The third-order valence-electron chi connectivity index (χ3n) is 3.28. The van der Waals surface area contributed by atoms with Crippen LogP contribution in [0.15, 0.2) is 46.3 Å². The summed E-state index contributed by atoms with van der Waals surface area (Å²) < 4.78 is 31.6. The monoisotopic (exact) mass is 372 g/mol. The van der Waals surface area contributed by atoms with Gasteiger partial charge in [0.2, 0.25) is 10.0 Å². The van der Waals surface area contributed by atoms with E-state index >= 15 is 0 Å². The van der Waals surface area contributed by atoms with Crippen LogP contribution in [0.1, 0.15) is 12.7 Å². The van der Waals surface area contributed by atoms with E-state index in [0.717, 1.165) is 0 Å². The molecule has 0 saturated heterocycles. The average Bonchev–Trinajstić information content (AvgIpc) is 3.01. The molecule has 0 spiro atoms. The summed E-state index contributed by atoms with van der Waals surface area (Å²) >= 11 is 0. The van der Waals surface area contributed by atoms with Crippen LogP contribution in [0.2, 0.25) is 0 Å². The average molecular weight is 373 g/mol. The predicted octanol–water partition coefficient (Wildman–Crippen LogP) is 1.77. The van der Waals surface area contributed by atoms with Crippen molar-refractivity contribution in [3.05, 3.63) is 42.7 Å². The van der Waals surface area contributed by atoms with Gasteiger partial charge in [-0.2, -0.15) is 4.98 Å². The van der Waals surface area contributed by atoms with Crippen molar-refractivity contribution in [3.8, 4) is 11.5 Å². The zero-order chi connectivity index (χ0) is 16.9. The Morgan fingerprint density at radius 1 is 1.33 bits per heavy atom. The second-order valence-corrected chi connectivity index (χ2v) is 6.84. The fourth-order valence-corrected chi connectivity index (χ4v) is 2.86. The number of hydrogen-bond acceptors (Lipinski definition) is 6. The number of aromatic nitrogens is 2. The van der Waals surface area contributed by atoms with E-state index in [2.05, 4.69) is 26.8 Å². The molecule has 0 radical (unpaired) electrons. The molecule has 132 valence electrons. The number of sulfonamides is 1. The highest BCUT2D eigenvalue weighted by Crippen LogP contribution is 2.20. The number of nitrogens with zero attached hydrogens (tertiary/aromatic N) is 2. The summed E-state index contributed by atoms with van der Waals surface area (Å²) in [5, 5.41) is 7.03. The van der Waals surface area contributed by atoms with E-state index in [0.29, 0.717) is 23.7 Å². The lowest BCUT2D eigenvalue weighted by atomic mass is 10.2. The molecule has 1 unspecified atom stereocenters. The highest BCUT2D eigenvalue weighted by Gasteiger charge is 2.15. The maximum Gasteiger partial charge on any atom is 0.257 e. The first-order valence-corrected chi connectivity index (χ1v) is 8.65. The molecule has 0 fully saturated rings. The minimum absolute atomic E-state index is 0. The molecule has 0 saturated carbocycles. The first-order chi connectivity index (χ1) is 11.0. The molecule has 0 aliphatic rings. The Balaban J connectivity index is 0.00000288. The van der Waals surface area contributed by atoms with Crippen molar-refractivity contribution in [1.29, 1.82) is 0 Å². The number of halogens is 1. The van der Waals surface area contributed by atoms with Gasteiger partial charge in [0, 0.05) is 24.6 Å². The summed E-state index contributed by atoms with van der Waals surface area (Å²) in [7, 11) is -1.67. The quantitative estimate of drug-likeness (QED) is 0.685.